The standard InChI is InChI=1S/C28H22N2O6S/c1-3-36-19-13-14-20-21(15-19)37-28(29-20)30-23(16-9-11-18(12-10-16)27(34)35-2)22(25(32)26(30)33)24(31)17-7-5-4-6-8-17/h4-15,23,31H,3H2,1-2H3/b24-22+/t23-/m0/s1. The number of aromatic nitrogens is 1. The fourth-order valence-electron chi connectivity index (χ4n) is 4.27. The summed E-state index contributed by atoms with van der Waals surface area (Å²) in [6.45, 7) is 2.40. The van der Waals surface area contributed by atoms with Crippen molar-refractivity contribution in [1.29, 1.82) is 0 Å². The van der Waals surface area contributed by atoms with E-state index in [2.05, 4.69) is 4.98 Å². The number of aliphatic hydroxyl groups is 1. The number of rotatable bonds is 6. The zero-order valence-corrected chi connectivity index (χ0v) is 20.8. The lowest BCUT2D eigenvalue weighted by atomic mass is 9.95. The van der Waals surface area contributed by atoms with E-state index in [9.17, 15) is 19.5 Å². The van der Waals surface area contributed by atoms with Crippen LogP contribution in [0.15, 0.2) is 78.4 Å². The van der Waals surface area contributed by atoms with Crippen LogP contribution in [0.2, 0.25) is 0 Å². The fourth-order valence-corrected chi connectivity index (χ4v) is 5.29. The van der Waals surface area contributed by atoms with Gasteiger partial charge < -0.3 is 14.6 Å². The number of hydrogen-bond acceptors (Lipinski definition) is 8. The number of nitrogens with zero attached hydrogens (tertiary/aromatic N) is 2. The van der Waals surface area contributed by atoms with Gasteiger partial charge in [-0.05, 0) is 42.8 Å². The van der Waals surface area contributed by atoms with Crippen LogP contribution in [-0.2, 0) is 14.3 Å². The van der Waals surface area contributed by atoms with Crippen LogP contribution in [0.1, 0.15) is 34.5 Å². The van der Waals surface area contributed by atoms with Gasteiger partial charge in [-0.15, -0.1) is 0 Å². The van der Waals surface area contributed by atoms with Crippen molar-refractivity contribution in [1.82, 2.24) is 4.98 Å². The Balaban J connectivity index is 1.68. The minimum absolute atomic E-state index is 0.0590. The molecule has 0 radical (unpaired) electrons. The van der Waals surface area contributed by atoms with Crippen LogP contribution >= 0.6 is 11.3 Å². The number of ketones is 1. The molecule has 4 aromatic rings. The summed E-state index contributed by atoms with van der Waals surface area (Å²) in [5.41, 5.74) is 1.83. The van der Waals surface area contributed by atoms with Crippen molar-refractivity contribution in [2.24, 2.45) is 0 Å². The highest BCUT2D eigenvalue weighted by Crippen LogP contribution is 2.44. The number of carbonyl (C=O) groups excluding carboxylic acids is 3. The summed E-state index contributed by atoms with van der Waals surface area (Å²) >= 11 is 1.24. The number of esters is 1. The van der Waals surface area contributed by atoms with Crippen molar-refractivity contribution in [3.63, 3.8) is 0 Å². The fraction of sp³-hybridized carbons (Fsp3) is 0.143. The van der Waals surface area contributed by atoms with Crippen molar-refractivity contribution < 1.29 is 29.0 Å². The maximum absolute atomic E-state index is 13.4. The molecule has 1 amide bonds. The normalized spacial score (nSPS) is 16.8. The molecule has 1 aliphatic rings. The summed E-state index contributed by atoms with van der Waals surface area (Å²) < 4.78 is 11.1. The molecule has 1 atom stereocenters. The second-order valence-electron chi connectivity index (χ2n) is 8.21. The number of fused-ring (bicyclic) bond motifs is 1. The molecule has 1 saturated heterocycles. The maximum atomic E-state index is 13.4. The van der Waals surface area contributed by atoms with Crippen LogP contribution in [0.5, 0.6) is 5.75 Å². The summed E-state index contributed by atoms with van der Waals surface area (Å²) in [5.74, 6) is -1.75. The molecule has 0 spiro atoms. The van der Waals surface area contributed by atoms with E-state index in [4.69, 9.17) is 9.47 Å². The molecular weight excluding hydrogens is 492 g/mol. The van der Waals surface area contributed by atoms with E-state index in [0.717, 1.165) is 4.70 Å². The number of thiazole rings is 1. The number of Topliss-reactive ketones (excluding diaryl/α,β-unsaturated/α-hetero) is 1. The lowest BCUT2D eigenvalue weighted by Crippen LogP contribution is -2.29. The van der Waals surface area contributed by atoms with Gasteiger partial charge in [-0.2, -0.15) is 0 Å². The largest absolute Gasteiger partial charge is 0.507 e. The third-order valence-corrected chi connectivity index (χ3v) is 7.02. The predicted molar refractivity (Wildman–Crippen MR) is 140 cm³/mol. The Morgan fingerprint density at radius 2 is 1.76 bits per heavy atom. The summed E-state index contributed by atoms with van der Waals surface area (Å²) in [6.07, 6.45) is 0. The molecule has 186 valence electrons. The third kappa shape index (κ3) is 4.34. The van der Waals surface area contributed by atoms with Crippen molar-refractivity contribution in [3.8, 4) is 5.75 Å². The van der Waals surface area contributed by atoms with E-state index >= 15 is 0 Å². The average molecular weight is 515 g/mol. The molecule has 1 aliphatic heterocycles. The van der Waals surface area contributed by atoms with E-state index in [1.54, 1.807) is 66.7 Å². The van der Waals surface area contributed by atoms with Gasteiger partial charge in [0, 0.05) is 5.56 Å². The van der Waals surface area contributed by atoms with Gasteiger partial charge in [0.2, 0.25) is 0 Å². The van der Waals surface area contributed by atoms with Crippen molar-refractivity contribution in [2.45, 2.75) is 13.0 Å². The molecule has 1 fully saturated rings. The topological polar surface area (TPSA) is 106 Å². The van der Waals surface area contributed by atoms with E-state index in [1.807, 2.05) is 13.0 Å². The number of methoxy groups -OCH3 is 1. The molecule has 8 nitrogen and oxygen atoms in total. The minimum atomic E-state index is -0.959. The molecule has 1 N–H and O–H groups in total. The zero-order chi connectivity index (χ0) is 26.1. The van der Waals surface area contributed by atoms with Gasteiger partial charge in [0.05, 0.1) is 41.1 Å². The molecule has 0 unspecified atom stereocenters. The number of ether oxygens (including phenoxy) is 2. The molecule has 0 bridgehead atoms. The van der Waals surface area contributed by atoms with Crippen LogP contribution in [0.25, 0.3) is 16.0 Å². The first-order valence-electron chi connectivity index (χ1n) is 11.5. The highest BCUT2D eigenvalue weighted by molar-refractivity contribution is 7.22. The number of anilines is 1. The number of aliphatic hydroxyl groups excluding tert-OH is 1. The predicted octanol–water partition coefficient (Wildman–Crippen LogP) is 5.11. The van der Waals surface area contributed by atoms with Gasteiger partial charge in [0.25, 0.3) is 5.78 Å². The van der Waals surface area contributed by atoms with E-state index in [1.165, 1.54) is 23.3 Å². The van der Waals surface area contributed by atoms with Crippen molar-refractivity contribution >= 4 is 50.1 Å². The molecule has 0 saturated carbocycles. The summed E-state index contributed by atoms with van der Waals surface area (Å²) in [6, 6.07) is 19.4. The summed E-state index contributed by atoms with van der Waals surface area (Å²) in [4.78, 5) is 44.6. The summed E-state index contributed by atoms with van der Waals surface area (Å²) in [7, 11) is 1.29. The minimum Gasteiger partial charge on any atom is -0.507 e. The average Bonchev–Trinajstić information content (AvgIpc) is 3.46. The van der Waals surface area contributed by atoms with Crippen LogP contribution in [-0.4, -0.2) is 41.5 Å². The van der Waals surface area contributed by atoms with Crippen LogP contribution in [0.3, 0.4) is 0 Å². The molecule has 37 heavy (non-hydrogen) atoms. The Labute approximate surface area is 216 Å². The molecular formula is C28H22N2O6S. The highest BCUT2D eigenvalue weighted by Gasteiger charge is 2.48. The first-order chi connectivity index (χ1) is 17.9. The maximum Gasteiger partial charge on any atom is 0.337 e. The number of carbonyl (C=O) groups is 3. The number of benzene rings is 3. The summed E-state index contributed by atoms with van der Waals surface area (Å²) in [5, 5.41) is 11.5. The monoisotopic (exact) mass is 514 g/mol. The second-order valence-corrected chi connectivity index (χ2v) is 9.22. The third-order valence-electron chi connectivity index (χ3n) is 6.00. The lowest BCUT2D eigenvalue weighted by molar-refractivity contribution is -0.132. The van der Waals surface area contributed by atoms with Crippen LogP contribution < -0.4 is 9.64 Å². The van der Waals surface area contributed by atoms with Gasteiger partial charge >= 0.3 is 11.9 Å². The van der Waals surface area contributed by atoms with Gasteiger partial charge in [-0.3, -0.25) is 14.5 Å². The Kier molecular flexibility index (Phi) is 6.45. The van der Waals surface area contributed by atoms with E-state index in [-0.39, 0.29) is 11.3 Å². The van der Waals surface area contributed by atoms with Gasteiger partial charge in [0.15, 0.2) is 5.13 Å². The molecule has 1 aromatic heterocycles. The number of amides is 1. The highest BCUT2D eigenvalue weighted by atomic mass is 32.1. The van der Waals surface area contributed by atoms with Crippen molar-refractivity contribution in [3.05, 3.63) is 95.1 Å². The molecule has 5 rings (SSSR count). The van der Waals surface area contributed by atoms with E-state index < -0.39 is 23.7 Å². The van der Waals surface area contributed by atoms with Crippen molar-refractivity contribution in [2.75, 3.05) is 18.6 Å². The quantitative estimate of drug-likeness (QED) is 0.165. The smallest absolute Gasteiger partial charge is 0.337 e. The molecule has 9 heteroatoms. The van der Waals surface area contributed by atoms with Crippen LogP contribution in [0.4, 0.5) is 5.13 Å². The Bertz CT molecular complexity index is 1540. The Morgan fingerprint density at radius 3 is 2.43 bits per heavy atom. The lowest BCUT2D eigenvalue weighted by Gasteiger charge is -2.23. The van der Waals surface area contributed by atoms with Gasteiger partial charge in [0.1, 0.15) is 11.5 Å². The van der Waals surface area contributed by atoms with Gasteiger partial charge in [-0.1, -0.05) is 53.8 Å². The first-order valence-corrected chi connectivity index (χ1v) is 12.3. The first kappa shape index (κ1) is 24.2. The van der Waals surface area contributed by atoms with E-state index in [0.29, 0.717) is 39.7 Å². The Morgan fingerprint density at radius 1 is 1.03 bits per heavy atom. The molecule has 2 heterocycles. The second kappa shape index (κ2) is 9.87. The molecule has 3 aromatic carbocycles. The SMILES string of the molecule is CCOc1ccc2nc(N3C(=O)C(=O)/C(=C(/O)c4ccccc4)[C@@H]3c3ccc(C(=O)OC)cc3)sc2c1. The zero-order valence-electron chi connectivity index (χ0n) is 20.0. The van der Waals surface area contributed by atoms with Gasteiger partial charge in [-0.25, -0.2) is 9.78 Å². The van der Waals surface area contributed by atoms with Crippen LogP contribution in [0, 0.1) is 0 Å². The Hall–Kier alpha value is -4.50. The molecule has 0 aliphatic carbocycles. The number of hydrogen-bond donors (Lipinski definition) is 1.